The molecule has 0 atom stereocenters. The summed E-state index contributed by atoms with van der Waals surface area (Å²) in [6.45, 7) is 1.99. The van der Waals surface area contributed by atoms with Gasteiger partial charge in [0.05, 0.1) is 28.4 Å². The van der Waals surface area contributed by atoms with Crippen molar-refractivity contribution in [1.29, 1.82) is 0 Å². The fraction of sp³-hybridized carbons (Fsp3) is 0.250. The van der Waals surface area contributed by atoms with Gasteiger partial charge in [-0.25, -0.2) is 4.98 Å². The molecule has 23 heavy (non-hydrogen) atoms. The molecule has 3 amide bonds. The summed E-state index contributed by atoms with van der Waals surface area (Å²) in [6, 6.07) is 6.60. The van der Waals surface area contributed by atoms with Crippen molar-refractivity contribution >= 4 is 29.1 Å². The highest BCUT2D eigenvalue weighted by Crippen LogP contribution is 2.22. The van der Waals surface area contributed by atoms with Gasteiger partial charge in [0.15, 0.2) is 0 Å². The maximum absolute atomic E-state index is 12.3. The van der Waals surface area contributed by atoms with Gasteiger partial charge in [0.2, 0.25) is 5.91 Å². The molecule has 1 aromatic heterocycles. The van der Waals surface area contributed by atoms with E-state index >= 15 is 0 Å². The predicted molar refractivity (Wildman–Crippen MR) is 85.1 cm³/mol. The number of carbonyl (C=O) groups excluding carboxylic acids is 3. The van der Waals surface area contributed by atoms with Crippen LogP contribution in [0.3, 0.4) is 0 Å². The van der Waals surface area contributed by atoms with E-state index in [-0.39, 0.29) is 12.5 Å². The second-order valence-electron chi connectivity index (χ2n) is 5.35. The molecule has 2 aromatic rings. The molecule has 1 aliphatic rings. The van der Waals surface area contributed by atoms with Crippen LogP contribution in [0.25, 0.3) is 0 Å². The molecular weight excluding hydrogens is 314 g/mol. The third-order valence-corrected chi connectivity index (χ3v) is 4.49. The minimum absolute atomic E-state index is 0.258. The van der Waals surface area contributed by atoms with Crippen LogP contribution < -0.4 is 0 Å². The molecule has 6 nitrogen and oxygen atoms in total. The van der Waals surface area contributed by atoms with Crippen molar-refractivity contribution in [3.05, 3.63) is 51.5 Å². The van der Waals surface area contributed by atoms with Crippen LogP contribution >= 0.6 is 11.3 Å². The first kappa shape index (κ1) is 15.4. The highest BCUT2D eigenvalue weighted by molar-refractivity contribution is 7.09. The van der Waals surface area contributed by atoms with E-state index in [1.165, 1.54) is 16.2 Å². The average molecular weight is 329 g/mol. The first-order valence-electron chi connectivity index (χ1n) is 7.07. The van der Waals surface area contributed by atoms with Crippen LogP contribution in [0, 0.1) is 6.92 Å². The lowest BCUT2D eigenvalue weighted by atomic mass is 10.1. The van der Waals surface area contributed by atoms with Gasteiger partial charge in [-0.3, -0.25) is 19.3 Å². The van der Waals surface area contributed by atoms with Gasteiger partial charge in [0.1, 0.15) is 6.54 Å². The molecule has 0 aliphatic carbocycles. The van der Waals surface area contributed by atoms with E-state index < -0.39 is 11.8 Å². The van der Waals surface area contributed by atoms with E-state index in [2.05, 4.69) is 4.98 Å². The van der Waals surface area contributed by atoms with Gasteiger partial charge in [-0.05, 0) is 19.1 Å². The van der Waals surface area contributed by atoms with Crippen LogP contribution in [0.5, 0.6) is 0 Å². The molecule has 1 aromatic carbocycles. The summed E-state index contributed by atoms with van der Waals surface area (Å²) in [7, 11) is 1.63. The largest absolute Gasteiger partial charge is 0.338 e. The molecule has 0 unspecified atom stereocenters. The zero-order chi connectivity index (χ0) is 16.6. The number of carbonyl (C=O) groups is 3. The van der Waals surface area contributed by atoms with Crippen molar-refractivity contribution in [3.63, 3.8) is 0 Å². The Balaban J connectivity index is 1.69. The molecule has 3 rings (SSSR count). The Bertz CT molecular complexity index is 764. The maximum atomic E-state index is 12.3. The van der Waals surface area contributed by atoms with Crippen molar-refractivity contribution < 1.29 is 14.4 Å². The van der Waals surface area contributed by atoms with E-state index in [1.54, 1.807) is 31.3 Å². The van der Waals surface area contributed by atoms with Crippen LogP contribution in [0.4, 0.5) is 0 Å². The third kappa shape index (κ3) is 2.87. The van der Waals surface area contributed by atoms with Crippen LogP contribution in [-0.2, 0) is 11.3 Å². The fourth-order valence-corrected chi connectivity index (χ4v) is 3.05. The monoisotopic (exact) mass is 329 g/mol. The number of aromatic nitrogens is 1. The molecule has 0 spiro atoms. The maximum Gasteiger partial charge on any atom is 0.262 e. The summed E-state index contributed by atoms with van der Waals surface area (Å²) in [4.78, 5) is 43.6. The molecular formula is C16H15N3O3S. The zero-order valence-corrected chi connectivity index (χ0v) is 13.6. The third-order valence-electron chi connectivity index (χ3n) is 3.66. The molecule has 7 heteroatoms. The minimum atomic E-state index is -0.420. The van der Waals surface area contributed by atoms with E-state index in [9.17, 15) is 14.4 Å². The summed E-state index contributed by atoms with van der Waals surface area (Å²) < 4.78 is 0. The van der Waals surface area contributed by atoms with Crippen LogP contribution in [-0.4, -0.2) is 46.1 Å². The number of fused-ring (bicyclic) bond motifs is 1. The number of rotatable bonds is 4. The van der Waals surface area contributed by atoms with Crippen LogP contribution in [0.1, 0.15) is 31.4 Å². The summed E-state index contributed by atoms with van der Waals surface area (Å²) in [5, 5.41) is 2.82. The Hall–Kier alpha value is -2.54. The Morgan fingerprint density at radius 2 is 1.83 bits per heavy atom. The average Bonchev–Trinajstić information content (AvgIpc) is 3.04. The summed E-state index contributed by atoms with van der Waals surface area (Å²) in [5.74, 6) is -1.14. The van der Waals surface area contributed by atoms with E-state index in [0.29, 0.717) is 17.7 Å². The number of likely N-dealkylation sites (N-methyl/N-ethyl adjacent to an activating group) is 1. The van der Waals surface area contributed by atoms with Crippen molar-refractivity contribution in [2.75, 3.05) is 13.6 Å². The molecule has 2 heterocycles. The van der Waals surface area contributed by atoms with Gasteiger partial charge in [0, 0.05) is 12.4 Å². The second-order valence-corrected chi connectivity index (χ2v) is 6.41. The first-order valence-corrected chi connectivity index (χ1v) is 7.95. The summed E-state index contributed by atoms with van der Waals surface area (Å²) in [6.07, 6.45) is 0. The Morgan fingerprint density at radius 1 is 1.22 bits per heavy atom. The Morgan fingerprint density at radius 3 is 2.35 bits per heavy atom. The van der Waals surface area contributed by atoms with Crippen LogP contribution in [0.2, 0.25) is 0 Å². The molecule has 0 saturated heterocycles. The topological polar surface area (TPSA) is 70.6 Å². The van der Waals surface area contributed by atoms with Crippen molar-refractivity contribution in [1.82, 2.24) is 14.8 Å². The smallest absolute Gasteiger partial charge is 0.262 e. The molecule has 0 radical (unpaired) electrons. The van der Waals surface area contributed by atoms with Crippen molar-refractivity contribution in [2.24, 2.45) is 0 Å². The molecule has 0 saturated carbocycles. The van der Waals surface area contributed by atoms with Crippen molar-refractivity contribution in [3.8, 4) is 0 Å². The van der Waals surface area contributed by atoms with E-state index in [4.69, 9.17) is 0 Å². The number of amides is 3. The standard InChI is InChI=1S/C16H15N3O3S/c1-10-17-11(9-23-10)7-18(2)14(20)8-19-15(21)12-5-3-4-6-13(12)16(19)22/h3-6,9H,7-8H2,1-2H3. The van der Waals surface area contributed by atoms with Gasteiger partial charge in [-0.2, -0.15) is 0 Å². The van der Waals surface area contributed by atoms with E-state index in [1.807, 2.05) is 12.3 Å². The molecule has 0 fully saturated rings. The van der Waals surface area contributed by atoms with E-state index in [0.717, 1.165) is 15.6 Å². The zero-order valence-electron chi connectivity index (χ0n) is 12.8. The number of nitrogens with zero attached hydrogens (tertiary/aromatic N) is 3. The van der Waals surface area contributed by atoms with Gasteiger partial charge < -0.3 is 4.90 Å². The summed E-state index contributed by atoms with van der Waals surface area (Å²) >= 11 is 1.52. The fourth-order valence-electron chi connectivity index (χ4n) is 2.45. The molecule has 1 aliphatic heterocycles. The van der Waals surface area contributed by atoms with Gasteiger partial charge in [0.25, 0.3) is 11.8 Å². The normalized spacial score (nSPS) is 13.4. The highest BCUT2D eigenvalue weighted by Gasteiger charge is 2.36. The lowest BCUT2D eigenvalue weighted by Crippen LogP contribution is -2.41. The van der Waals surface area contributed by atoms with Gasteiger partial charge in [-0.1, -0.05) is 12.1 Å². The molecule has 118 valence electrons. The van der Waals surface area contributed by atoms with Gasteiger partial charge in [-0.15, -0.1) is 11.3 Å². The second kappa shape index (κ2) is 5.92. The number of hydrogen-bond donors (Lipinski definition) is 0. The minimum Gasteiger partial charge on any atom is -0.338 e. The lowest BCUT2D eigenvalue weighted by Gasteiger charge is -2.19. The SMILES string of the molecule is Cc1nc(CN(C)C(=O)CN2C(=O)c3ccccc3C2=O)cs1. The van der Waals surface area contributed by atoms with Gasteiger partial charge >= 0.3 is 0 Å². The Labute approximate surface area is 137 Å². The number of benzene rings is 1. The summed E-state index contributed by atoms with van der Waals surface area (Å²) in [5.41, 5.74) is 1.50. The molecule has 0 bridgehead atoms. The molecule has 0 N–H and O–H groups in total. The van der Waals surface area contributed by atoms with Crippen LogP contribution in [0.15, 0.2) is 29.6 Å². The highest BCUT2D eigenvalue weighted by atomic mass is 32.1. The lowest BCUT2D eigenvalue weighted by molar-refractivity contribution is -0.130. The first-order chi connectivity index (χ1) is 11.0. The number of imide groups is 1. The van der Waals surface area contributed by atoms with Crippen molar-refractivity contribution in [2.45, 2.75) is 13.5 Å². The Kier molecular flexibility index (Phi) is 3.96. The number of aryl methyl sites for hydroxylation is 1. The number of hydrogen-bond acceptors (Lipinski definition) is 5. The predicted octanol–water partition coefficient (Wildman–Crippen LogP) is 1.71. The quantitative estimate of drug-likeness (QED) is 0.801. The number of thiazole rings is 1.